The Bertz CT molecular complexity index is 578. The monoisotopic (exact) mass is 413 g/mol. The minimum absolute atomic E-state index is 0.0339. The van der Waals surface area contributed by atoms with Crippen molar-refractivity contribution in [1.29, 1.82) is 0 Å². The third kappa shape index (κ3) is 2.39. The maximum Gasteiger partial charge on any atom is 0.251 e. The second-order valence-corrected chi connectivity index (χ2v) is 9.13. The number of hydrogen-bond acceptors (Lipinski definition) is 1. The van der Waals surface area contributed by atoms with Gasteiger partial charge in [-0.3, -0.25) is 4.79 Å². The number of hydrogen-bond donors (Lipinski definition) is 1. The van der Waals surface area contributed by atoms with Crippen LogP contribution in [0.3, 0.4) is 0 Å². The maximum absolute atomic E-state index is 12.6. The van der Waals surface area contributed by atoms with Gasteiger partial charge in [0.05, 0.1) is 0 Å². The standard InChI is InChI=1S/C17H21Br2NO/c1-16(2)11-4-5-17(16,3)14(8-11)20-15(21)10-6-12(18)9-13(19)7-10/h6-7,9,11,14H,4-5,8H2,1-3H3,(H,20,21). The molecule has 1 N–H and O–H groups in total. The molecule has 0 radical (unpaired) electrons. The molecule has 1 aromatic carbocycles. The molecule has 0 aliphatic heterocycles. The van der Waals surface area contributed by atoms with Gasteiger partial charge in [-0.25, -0.2) is 0 Å². The molecule has 0 spiro atoms. The Balaban J connectivity index is 1.80. The van der Waals surface area contributed by atoms with Gasteiger partial charge in [-0.15, -0.1) is 0 Å². The molecule has 1 aromatic rings. The molecule has 3 atom stereocenters. The lowest BCUT2D eigenvalue weighted by Gasteiger charge is -2.39. The summed E-state index contributed by atoms with van der Waals surface area (Å²) in [6, 6.07) is 5.98. The molecule has 0 saturated heterocycles. The smallest absolute Gasteiger partial charge is 0.251 e. The lowest BCUT2D eigenvalue weighted by Crippen LogP contribution is -2.46. The molecule has 2 bridgehead atoms. The van der Waals surface area contributed by atoms with E-state index in [1.807, 2.05) is 18.2 Å². The van der Waals surface area contributed by atoms with E-state index < -0.39 is 0 Å². The second kappa shape index (κ2) is 5.09. The number of carbonyl (C=O) groups excluding carboxylic acids is 1. The molecular formula is C17H21Br2NO. The molecule has 3 unspecified atom stereocenters. The summed E-state index contributed by atoms with van der Waals surface area (Å²) in [4.78, 5) is 12.6. The fourth-order valence-electron chi connectivity index (χ4n) is 4.35. The van der Waals surface area contributed by atoms with E-state index in [9.17, 15) is 4.79 Å². The van der Waals surface area contributed by atoms with E-state index in [1.54, 1.807) is 0 Å². The zero-order valence-electron chi connectivity index (χ0n) is 12.7. The molecule has 2 aliphatic carbocycles. The van der Waals surface area contributed by atoms with Crippen molar-refractivity contribution in [2.75, 3.05) is 0 Å². The van der Waals surface area contributed by atoms with Crippen molar-refractivity contribution < 1.29 is 4.79 Å². The molecule has 2 aliphatic rings. The number of nitrogens with one attached hydrogen (secondary N) is 1. The Morgan fingerprint density at radius 3 is 2.29 bits per heavy atom. The lowest BCUT2D eigenvalue weighted by molar-refractivity contribution is 0.0826. The minimum Gasteiger partial charge on any atom is -0.349 e. The van der Waals surface area contributed by atoms with Crippen molar-refractivity contribution in [1.82, 2.24) is 5.32 Å². The summed E-state index contributed by atoms with van der Waals surface area (Å²) in [5.41, 5.74) is 1.25. The van der Waals surface area contributed by atoms with Gasteiger partial charge in [0.15, 0.2) is 0 Å². The summed E-state index contributed by atoms with van der Waals surface area (Å²) >= 11 is 6.89. The van der Waals surface area contributed by atoms with Gasteiger partial charge in [0.2, 0.25) is 0 Å². The maximum atomic E-state index is 12.6. The van der Waals surface area contributed by atoms with Crippen molar-refractivity contribution in [2.24, 2.45) is 16.7 Å². The molecule has 21 heavy (non-hydrogen) atoms. The van der Waals surface area contributed by atoms with Crippen LogP contribution in [0.15, 0.2) is 27.1 Å². The molecule has 0 heterocycles. The SMILES string of the molecule is CC1(C)C2CCC1(C)C(NC(=O)c1cc(Br)cc(Br)c1)C2. The normalized spacial score (nSPS) is 33.2. The predicted octanol–water partition coefficient (Wildman–Crippen LogP) is 5.16. The summed E-state index contributed by atoms with van der Waals surface area (Å²) in [5.74, 6) is 0.772. The van der Waals surface area contributed by atoms with Crippen LogP contribution in [0.4, 0.5) is 0 Å². The molecule has 1 amide bonds. The summed E-state index contributed by atoms with van der Waals surface area (Å²) in [7, 11) is 0. The number of halogens is 2. The van der Waals surface area contributed by atoms with Crippen LogP contribution < -0.4 is 5.32 Å². The highest BCUT2D eigenvalue weighted by Gasteiger charge is 2.61. The first-order valence-electron chi connectivity index (χ1n) is 7.51. The van der Waals surface area contributed by atoms with Crippen LogP contribution in [0.1, 0.15) is 50.4 Å². The molecule has 114 valence electrons. The van der Waals surface area contributed by atoms with E-state index in [0.29, 0.717) is 11.0 Å². The molecule has 2 saturated carbocycles. The van der Waals surface area contributed by atoms with E-state index in [0.717, 1.165) is 21.3 Å². The Labute approximate surface area is 143 Å². The highest BCUT2D eigenvalue weighted by molar-refractivity contribution is 9.11. The van der Waals surface area contributed by atoms with Crippen LogP contribution in [0.25, 0.3) is 0 Å². The topological polar surface area (TPSA) is 29.1 Å². The summed E-state index contributed by atoms with van der Waals surface area (Å²) < 4.78 is 1.84. The van der Waals surface area contributed by atoms with Gasteiger partial charge < -0.3 is 5.32 Å². The third-order valence-corrected chi connectivity index (χ3v) is 7.14. The lowest BCUT2D eigenvalue weighted by atomic mass is 9.69. The molecular weight excluding hydrogens is 394 g/mol. The summed E-state index contributed by atoms with van der Waals surface area (Å²) in [6.45, 7) is 7.08. The number of carbonyl (C=O) groups is 1. The number of benzene rings is 1. The summed E-state index contributed by atoms with van der Waals surface area (Å²) in [5, 5.41) is 3.30. The van der Waals surface area contributed by atoms with Gasteiger partial charge in [-0.2, -0.15) is 0 Å². The van der Waals surface area contributed by atoms with Gasteiger partial charge in [0.1, 0.15) is 0 Å². The van der Waals surface area contributed by atoms with Gasteiger partial charge in [-0.1, -0.05) is 52.6 Å². The Morgan fingerprint density at radius 2 is 1.81 bits per heavy atom. The fourth-order valence-corrected chi connectivity index (χ4v) is 5.64. The van der Waals surface area contributed by atoms with Crippen LogP contribution in [0.5, 0.6) is 0 Å². The number of amides is 1. The van der Waals surface area contributed by atoms with Crippen LogP contribution in [0.2, 0.25) is 0 Å². The zero-order chi connectivity index (χ0) is 15.4. The first-order chi connectivity index (χ1) is 9.74. The van der Waals surface area contributed by atoms with E-state index >= 15 is 0 Å². The van der Waals surface area contributed by atoms with Gasteiger partial charge >= 0.3 is 0 Å². The molecule has 2 fully saturated rings. The predicted molar refractivity (Wildman–Crippen MR) is 92.3 cm³/mol. The molecule has 4 heteroatoms. The number of fused-ring (bicyclic) bond motifs is 2. The zero-order valence-corrected chi connectivity index (χ0v) is 15.8. The van der Waals surface area contributed by atoms with E-state index in [-0.39, 0.29) is 17.4 Å². The van der Waals surface area contributed by atoms with Crippen LogP contribution in [-0.2, 0) is 0 Å². The van der Waals surface area contributed by atoms with Crippen molar-refractivity contribution >= 4 is 37.8 Å². The first kappa shape index (κ1) is 15.5. The van der Waals surface area contributed by atoms with Gasteiger partial charge in [0, 0.05) is 20.6 Å². The van der Waals surface area contributed by atoms with Crippen molar-refractivity contribution in [3.63, 3.8) is 0 Å². The quantitative estimate of drug-likeness (QED) is 0.711. The highest BCUT2D eigenvalue weighted by atomic mass is 79.9. The minimum atomic E-state index is 0.0339. The first-order valence-corrected chi connectivity index (χ1v) is 9.09. The Kier molecular flexibility index (Phi) is 3.77. The van der Waals surface area contributed by atoms with E-state index in [1.165, 1.54) is 12.8 Å². The Morgan fingerprint density at radius 1 is 1.19 bits per heavy atom. The Hall–Kier alpha value is -0.350. The average molecular weight is 415 g/mol. The van der Waals surface area contributed by atoms with Crippen LogP contribution >= 0.6 is 31.9 Å². The third-order valence-electron chi connectivity index (χ3n) is 6.22. The van der Waals surface area contributed by atoms with Crippen molar-refractivity contribution in [3.05, 3.63) is 32.7 Å². The van der Waals surface area contributed by atoms with E-state index in [2.05, 4.69) is 57.9 Å². The largest absolute Gasteiger partial charge is 0.349 e. The van der Waals surface area contributed by atoms with E-state index in [4.69, 9.17) is 0 Å². The van der Waals surface area contributed by atoms with Crippen molar-refractivity contribution in [3.8, 4) is 0 Å². The number of rotatable bonds is 2. The van der Waals surface area contributed by atoms with Crippen LogP contribution in [0, 0.1) is 16.7 Å². The van der Waals surface area contributed by atoms with Gasteiger partial charge in [-0.05, 0) is 54.2 Å². The summed E-state index contributed by atoms with van der Waals surface area (Å²) in [6.07, 6.45) is 3.64. The fraction of sp³-hybridized carbons (Fsp3) is 0.588. The average Bonchev–Trinajstić information content (AvgIpc) is 2.70. The molecule has 2 nitrogen and oxygen atoms in total. The van der Waals surface area contributed by atoms with Crippen molar-refractivity contribution in [2.45, 2.75) is 46.1 Å². The molecule has 0 aromatic heterocycles. The second-order valence-electron chi connectivity index (χ2n) is 7.29. The van der Waals surface area contributed by atoms with Crippen LogP contribution in [-0.4, -0.2) is 11.9 Å². The highest BCUT2D eigenvalue weighted by Crippen LogP contribution is 2.65. The molecule has 3 rings (SSSR count). The van der Waals surface area contributed by atoms with Gasteiger partial charge in [0.25, 0.3) is 5.91 Å².